The third kappa shape index (κ3) is 3.57. The van der Waals surface area contributed by atoms with E-state index >= 15 is 0 Å². The average Bonchev–Trinajstić information content (AvgIpc) is 3.01. The maximum Gasteiger partial charge on any atom is 0.335 e. The number of benzene rings is 2. The highest BCUT2D eigenvalue weighted by Crippen LogP contribution is 2.29. The Bertz CT molecular complexity index is 1510. The first kappa shape index (κ1) is 20.1. The zero-order valence-electron chi connectivity index (χ0n) is 15.3. The molecule has 0 saturated carbocycles. The molecule has 30 heavy (non-hydrogen) atoms. The normalized spacial score (nSPS) is 11.6. The van der Waals surface area contributed by atoms with Crippen LogP contribution in [0.3, 0.4) is 0 Å². The lowest BCUT2D eigenvalue weighted by Crippen LogP contribution is -2.31. The quantitative estimate of drug-likeness (QED) is 0.300. The molecule has 0 aliphatic rings. The zero-order chi connectivity index (χ0) is 21.6. The van der Waals surface area contributed by atoms with Crippen LogP contribution in [0.4, 0.5) is 5.69 Å². The lowest BCUT2D eigenvalue weighted by atomic mass is 10.2. The maximum absolute atomic E-state index is 12.4. The van der Waals surface area contributed by atoms with Gasteiger partial charge in [-0.25, -0.2) is 14.2 Å². The number of fused-ring (bicyclic) bond motifs is 1. The number of halogens is 2. The second-order valence-corrected chi connectivity index (χ2v) is 8.22. The molecule has 4 aromatic rings. The number of aliphatic imine (C=N–C) groups is 1. The van der Waals surface area contributed by atoms with Gasteiger partial charge < -0.3 is 15.1 Å². The number of H-pyrrole nitrogens is 3. The fraction of sp³-hybridized carbons (Fsp3) is 0.0526. The third-order valence-electron chi connectivity index (χ3n) is 4.44. The van der Waals surface area contributed by atoms with Crippen molar-refractivity contribution in [3.63, 3.8) is 0 Å². The SMILES string of the molecule is Cc1cc(Br)ccc1-n1c(O)c(C=Nc2cc3[nH]c(=O)[nH]c3cc2Br)c(=O)[nH]c1=O. The first-order valence-electron chi connectivity index (χ1n) is 8.55. The van der Waals surface area contributed by atoms with Gasteiger partial charge >= 0.3 is 11.4 Å². The van der Waals surface area contributed by atoms with Crippen LogP contribution in [0.15, 0.2) is 58.7 Å². The fourth-order valence-corrected chi connectivity index (χ4v) is 3.95. The number of nitrogens with one attached hydrogen (secondary N) is 3. The van der Waals surface area contributed by atoms with Crippen LogP contribution in [0.2, 0.25) is 0 Å². The van der Waals surface area contributed by atoms with Gasteiger partial charge in [0.2, 0.25) is 5.88 Å². The summed E-state index contributed by atoms with van der Waals surface area (Å²) in [6, 6.07) is 8.41. The van der Waals surface area contributed by atoms with Crippen LogP contribution in [-0.2, 0) is 0 Å². The minimum absolute atomic E-state index is 0.188. The Kier molecular flexibility index (Phi) is 5.08. The zero-order valence-corrected chi connectivity index (χ0v) is 18.5. The third-order valence-corrected chi connectivity index (χ3v) is 5.57. The molecule has 0 unspecified atom stereocenters. The van der Waals surface area contributed by atoms with E-state index < -0.39 is 17.1 Å². The number of aryl methyl sites for hydroxylation is 1. The molecule has 0 aliphatic carbocycles. The smallest absolute Gasteiger partial charge is 0.335 e. The molecule has 2 aromatic carbocycles. The highest BCUT2D eigenvalue weighted by molar-refractivity contribution is 9.10. The minimum Gasteiger partial charge on any atom is -0.493 e. The number of nitrogens with zero attached hydrogens (tertiary/aromatic N) is 2. The van der Waals surface area contributed by atoms with Crippen molar-refractivity contribution >= 4 is 54.8 Å². The molecule has 0 saturated heterocycles. The minimum atomic E-state index is -0.778. The number of hydrogen-bond donors (Lipinski definition) is 4. The van der Waals surface area contributed by atoms with Gasteiger partial charge in [-0.05, 0) is 58.7 Å². The van der Waals surface area contributed by atoms with Crippen LogP contribution in [0, 0.1) is 6.92 Å². The highest BCUT2D eigenvalue weighted by Gasteiger charge is 2.16. The molecule has 9 nitrogen and oxygen atoms in total. The number of aromatic amines is 3. The Morgan fingerprint density at radius 3 is 2.43 bits per heavy atom. The number of hydrogen-bond acceptors (Lipinski definition) is 5. The molecule has 0 atom stereocenters. The molecule has 2 heterocycles. The summed E-state index contributed by atoms with van der Waals surface area (Å²) in [4.78, 5) is 47.8. The van der Waals surface area contributed by atoms with Gasteiger partial charge in [0.15, 0.2) is 0 Å². The van der Waals surface area contributed by atoms with Crippen LogP contribution in [0.25, 0.3) is 16.7 Å². The summed E-state index contributed by atoms with van der Waals surface area (Å²) in [5, 5.41) is 10.7. The van der Waals surface area contributed by atoms with Crippen molar-refractivity contribution in [2.75, 3.05) is 0 Å². The molecular weight excluding hydrogens is 522 g/mol. The largest absolute Gasteiger partial charge is 0.493 e. The van der Waals surface area contributed by atoms with Gasteiger partial charge in [0.05, 0.1) is 22.4 Å². The summed E-state index contributed by atoms with van der Waals surface area (Å²) in [7, 11) is 0. The topological polar surface area (TPSA) is 136 Å². The van der Waals surface area contributed by atoms with E-state index in [1.165, 1.54) is 0 Å². The fourth-order valence-electron chi connectivity index (χ4n) is 3.03. The number of rotatable bonds is 3. The van der Waals surface area contributed by atoms with E-state index in [9.17, 15) is 19.5 Å². The van der Waals surface area contributed by atoms with E-state index in [0.29, 0.717) is 32.4 Å². The van der Waals surface area contributed by atoms with E-state index in [-0.39, 0.29) is 11.3 Å². The van der Waals surface area contributed by atoms with Crippen molar-refractivity contribution in [2.24, 2.45) is 4.99 Å². The Hall–Kier alpha value is -3.18. The second-order valence-electron chi connectivity index (χ2n) is 6.45. The van der Waals surface area contributed by atoms with Gasteiger partial charge in [-0.3, -0.25) is 14.8 Å². The Balaban J connectivity index is 1.86. The van der Waals surface area contributed by atoms with Crippen LogP contribution in [-0.4, -0.2) is 30.8 Å². The summed E-state index contributed by atoms with van der Waals surface area (Å²) in [6.07, 6.45) is 1.16. The molecular formula is C19H13Br2N5O4. The summed E-state index contributed by atoms with van der Waals surface area (Å²) in [5.74, 6) is -0.537. The van der Waals surface area contributed by atoms with Crippen LogP contribution in [0.5, 0.6) is 5.88 Å². The molecule has 0 bridgehead atoms. The second kappa shape index (κ2) is 7.58. The van der Waals surface area contributed by atoms with Gasteiger partial charge in [0.1, 0.15) is 5.56 Å². The molecule has 4 rings (SSSR count). The number of imidazole rings is 1. The molecule has 0 amide bonds. The van der Waals surface area contributed by atoms with Crippen LogP contribution >= 0.6 is 31.9 Å². The van der Waals surface area contributed by atoms with Crippen molar-refractivity contribution in [2.45, 2.75) is 6.92 Å². The summed E-state index contributed by atoms with van der Waals surface area (Å²) in [6.45, 7) is 1.77. The maximum atomic E-state index is 12.4. The Labute approximate surface area is 184 Å². The van der Waals surface area contributed by atoms with Gasteiger partial charge in [-0.15, -0.1) is 0 Å². The summed E-state index contributed by atoms with van der Waals surface area (Å²) in [5.41, 5.74) is 0.562. The van der Waals surface area contributed by atoms with E-state index in [1.807, 2.05) is 0 Å². The first-order valence-corrected chi connectivity index (χ1v) is 10.1. The van der Waals surface area contributed by atoms with Gasteiger partial charge in [-0.2, -0.15) is 0 Å². The standard InChI is InChI=1S/C19H13Br2N5O4/c1-8-4-9(20)2-3-15(8)26-17(28)10(16(27)25-19(26)30)7-22-12-6-14-13(5-11(12)21)23-18(29)24-14/h2-7,28H,1H3,(H2,23,24,29)(H,25,27,30). The Morgan fingerprint density at radius 2 is 1.73 bits per heavy atom. The molecule has 0 fully saturated rings. The van der Waals surface area contributed by atoms with Gasteiger partial charge in [0.25, 0.3) is 5.56 Å². The highest BCUT2D eigenvalue weighted by atomic mass is 79.9. The van der Waals surface area contributed by atoms with Crippen molar-refractivity contribution < 1.29 is 5.11 Å². The molecule has 4 N–H and O–H groups in total. The number of aromatic hydroxyl groups is 1. The van der Waals surface area contributed by atoms with Crippen molar-refractivity contribution in [1.29, 1.82) is 0 Å². The van der Waals surface area contributed by atoms with E-state index in [4.69, 9.17) is 0 Å². The van der Waals surface area contributed by atoms with Crippen LogP contribution in [0.1, 0.15) is 11.1 Å². The monoisotopic (exact) mass is 533 g/mol. The summed E-state index contributed by atoms with van der Waals surface area (Å²) >= 11 is 6.71. The molecule has 152 valence electrons. The van der Waals surface area contributed by atoms with E-state index in [2.05, 4.69) is 51.8 Å². The predicted octanol–water partition coefficient (Wildman–Crippen LogP) is 2.99. The predicted molar refractivity (Wildman–Crippen MR) is 121 cm³/mol. The van der Waals surface area contributed by atoms with Crippen LogP contribution < -0.4 is 16.9 Å². The average molecular weight is 535 g/mol. The van der Waals surface area contributed by atoms with Crippen molar-refractivity contribution in [1.82, 2.24) is 19.5 Å². The molecule has 0 spiro atoms. The van der Waals surface area contributed by atoms with Gasteiger partial charge in [0, 0.05) is 15.2 Å². The molecule has 0 radical (unpaired) electrons. The number of aromatic nitrogens is 4. The lowest BCUT2D eigenvalue weighted by Gasteiger charge is -2.12. The lowest BCUT2D eigenvalue weighted by molar-refractivity contribution is 0.430. The summed E-state index contributed by atoms with van der Waals surface area (Å²) < 4.78 is 2.38. The molecule has 2 aromatic heterocycles. The first-order chi connectivity index (χ1) is 14.2. The van der Waals surface area contributed by atoms with Crippen molar-refractivity contribution in [3.05, 3.63) is 81.7 Å². The van der Waals surface area contributed by atoms with E-state index in [1.54, 1.807) is 37.3 Å². The van der Waals surface area contributed by atoms with Gasteiger partial charge in [-0.1, -0.05) is 15.9 Å². The Morgan fingerprint density at radius 1 is 1.03 bits per heavy atom. The van der Waals surface area contributed by atoms with E-state index in [0.717, 1.165) is 15.3 Å². The molecule has 0 aliphatic heterocycles. The molecule has 11 heteroatoms. The van der Waals surface area contributed by atoms with Crippen molar-refractivity contribution in [3.8, 4) is 11.6 Å².